The first-order chi connectivity index (χ1) is 4.25. The summed E-state index contributed by atoms with van der Waals surface area (Å²) in [4.78, 5) is 0. The van der Waals surface area contributed by atoms with E-state index in [1.807, 2.05) is 6.92 Å². The van der Waals surface area contributed by atoms with E-state index in [-0.39, 0.29) is 0 Å². The molecule has 2 N–H and O–H groups in total. The molecule has 0 radical (unpaired) electrons. The zero-order chi connectivity index (χ0) is 6.85. The van der Waals surface area contributed by atoms with Crippen LogP contribution in [0.4, 0.5) is 0 Å². The fourth-order valence-electron chi connectivity index (χ4n) is 0.708. The summed E-state index contributed by atoms with van der Waals surface area (Å²) < 4.78 is 4.91. The van der Waals surface area contributed by atoms with E-state index in [1.165, 1.54) is 6.08 Å². The normalized spacial score (nSPS) is 33.0. The molecule has 1 aliphatic rings. The van der Waals surface area contributed by atoms with Crippen LogP contribution in [0.1, 0.15) is 6.92 Å². The van der Waals surface area contributed by atoms with Crippen LogP contribution in [-0.4, -0.2) is 29.0 Å². The predicted octanol–water partition coefficient (Wildman–Crippen LogP) is -0.358. The molecule has 0 aromatic carbocycles. The highest BCUT2D eigenvalue weighted by Crippen LogP contribution is 2.20. The maximum atomic E-state index is 8.86. The minimum atomic E-state index is -0.787. The Morgan fingerprint density at radius 3 is 2.67 bits per heavy atom. The second-order valence-electron chi connectivity index (χ2n) is 1.94. The van der Waals surface area contributed by atoms with Crippen LogP contribution >= 0.6 is 0 Å². The molecule has 0 spiro atoms. The summed E-state index contributed by atoms with van der Waals surface area (Å²) in [5.74, 6) is 0.491. The van der Waals surface area contributed by atoms with Crippen LogP contribution in [0.25, 0.3) is 0 Å². The van der Waals surface area contributed by atoms with Gasteiger partial charge in [-0.25, -0.2) is 0 Å². The van der Waals surface area contributed by atoms with Crippen LogP contribution in [0.5, 0.6) is 0 Å². The molecule has 1 aliphatic carbocycles. The number of ether oxygens (including phenoxy) is 1. The third-order valence-electron chi connectivity index (χ3n) is 1.26. The van der Waals surface area contributed by atoms with E-state index in [0.29, 0.717) is 12.4 Å². The monoisotopic (exact) mass is 130 g/mol. The summed E-state index contributed by atoms with van der Waals surface area (Å²) in [5, 5.41) is 17.6. The summed E-state index contributed by atoms with van der Waals surface area (Å²) >= 11 is 0. The number of hydrogen-bond donors (Lipinski definition) is 2. The van der Waals surface area contributed by atoms with Gasteiger partial charge >= 0.3 is 0 Å². The van der Waals surface area contributed by atoms with Gasteiger partial charge in [-0.3, -0.25) is 0 Å². The summed E-state index contributed by atoms with van der Waals surface area (Å²) in [6, 6.07) is 0. The van der Waals surface area contributed by atoms with Gasteiger partial charge in [0, 0.05) is 0 Å². The van der Waals surface area contributed by atoms with Gasteiger partial charge in [-0.2, -0.15) is 0 Å². The molecule has 2 unspecified atom stereocenters. The van der Waals surface area contributed by atoms with E-state index in [0.717, 1.165) is 0 Å². The van der Waals surface area contributed by atoms with Crippen molar-refractivity contribution >= 4 is 0 Å². The smallest absolute Gasteiger partial charge is 0.140 e. The molecule has 3 nitrogen and oxygen atoms in total. The van der Waals surface area contributed by atoms with Gasteiger partial charge in [-0.05, 0) is 13.0 Å². The molecular weight excluding hydrogens is 120 g/mol. The number of rotatable bonds is 2. The Balaban J connectivity index is 2.37. The molecule has 0 bridgehead atoms. The van der Waals surface area contributed by atoms with Crippen molar-refractivity contribution in [1.82, 2.24) is 0 Å². The number of aliphatic hydroxyl groups is 2. The van der Waals surface area contributed by atoms with Gasteiger partial charge in [-0.15, -0.1) is 0 Å². The van der Waals surface area contributed by atoms with Crippen molar-refractivity contribution in [3.63, 3.8) is 0 Å². The quantitative estimate of drug-likeness (QED) is 0.536. The lowest BCUT2D eigenvalue weighted by Crippen LogP contribution is -2.36. The van der Waals surface area contributed by atoms with Crippen LogP contribution < -0.4 is 0 Å². The third-order valence-corrected chi connectivity index (χ3v) is 1.26. The average Bonchev–Trinajstić information content (AvgIpc) is 1.88. The Morgan fingerprint density at radius 1 is 1.67 bits per heavy atom. The lowest BCUT2D eigenvalue weighted by atomic mass is 10.0. The Labute approximate surface area is 53.6 Å². The molecule has 1 rings (SSSR count). The van der Waals surface area contributed by atoms with Gasteiger partial charge in [0.15, 0.2) is 0 Å². The first-order valence-electron chi connectivity index (χ1n) is 2.96. The first-order valence-corrected chi connectivity index (χ1v) is 2.96. The maximum absolute atomic E-state index is 8.86. The molecule has 0 aromatic rings. The van der Waals surface area contributed by atoms with Crippen LogP contribution in [0.2, 0.25) is 0 Å². The maximum Gasteiger partial charge on any atom is 0.140 e. The molecule has 0 amide bonds. The van der Waals surface area contributed by atoms with Crippen molar-refractivity contribution in [2.45, 2.75) is 19.1 Å². The van der Waals surface area contributed by atoms with E-state index >= 15 is 0 Å². The van der Waals surface area contributed by atoms with Crippen LogP contribution in [0.15, 0.2) is 11.8 Å². The van der Waals surface area contributed by atoms with Gasteiger partial charge < -0.3 is 14.9 Å². The second-order valence-corrected chi connectivity index (χ2v) is 1.94. The fraction of sp³-hybridized carbons (Fsp3) is 0.667. The van der Waals surface area contributed by atoms with Crippen LogP contribution in [0, 0.1) is 0 Å². The molecule has 0 heterocycles. The molecule has 0 fully saturated rings. The molecule has 2 atom stereocenters. The zero-order valence-corrected chi connectivity index (χ0v) is 5.24. The van der Waals surface area contributed by atoms with Crippen molar-refractivity contribution in [2.75, 3.05) is 6.61 Å². The SMILES string of the molecule is CCOC1=CC(O)C1O. The largest absolute Gasteiger partial charge is 0.496 e. The molecule has 52 valence electrons. The summed E-state index contributed by atoms with van der Waals surface area (Å²) in [5.41, 5.74) is 0. The van der Waals surface area contributed by atoms with Crippen molar-refractivity contribution in [3.05, 3.63) is 11.8 Å². The van der Waals surface area contributed by atoms with Gasteiger partial charge in [0.2, 0.25) is 0 Å². The lowest BCUT2D eigenvalue weighted by Gasteiger charge is -2.26. The molecule has 0 saturated heterocycles. The topological polar surface area (TPSA) is 49.7 Å². The fourth-order valence-corrected chi connectivity index (χ4v) is 0.708. The average molecular weight is 130 g/mol. The van der Waals surface area contributed by atoms with Gasteiger partial charge in [0.05, 0.1) is 6.61 Å². The lowest BCUT2D eigenvalue weighted by molar-refractivity contribution is -0.00517. The van der Waals surface area contributed by atoms with E-state index in [9.17, 15) is 0 Å². The first kappa shape index (κ1) is 6.58. The Bertz CT molecular complexity index is 130. The molecule has 0 saturated carbocycles. The van der Waals surface area contributed by atoms with E-state index in [1.54, 1.807) is 0 Å². The van der Waals surface area contributed by atoms with Gasteiger partial charge in [0.1, 0.15) is 18.0 Å². The number of aliphatic hydroxyl groups excluding tert-OH is 2. The Hall–Kier alpha value is -0.540. The van der Waals surface area contributed by atoms with E-state index < -0.39 is 12.2 Å². The molecule has 0 aliphatic heterocycles. The second kappa shape index (κ2) is 2.37. The van der Waals surface area contributed by atoms with Crippen molar-refractivity contribution in [1.29, 1.82) is 0 Å². The summed E-state index contributed by atoms with van der Waals surface area (Å²) in [7, 11) is 0. The highest BCUT2D eigenvalue weighted by Gasteiger charge is 2.29. The molecule has 3 heteroatoms. The molecular formula is C6H10O3. The van der Waals surface area contributed by atoms with E-state index in [2.05, 4.69) is 0 Å². The Kier molecular flexibility index (Phi) is 1.73. The van der Waals surface area contributed by atoms with Crippen LogP contribution in [-0.2, 0) is 4.74 Å². The standard InChI is InChI=1S/C6H10O3/c1-2-9-5-3-4(7)6(5)8/h3-4,6-8H,2H2,1H3. The number of hydrogen-bond acceptors (Lipinski definition) is 3. The highest BCUT2D eigenvalue weighted by molar-refractivity contribution is 5.19. The minimum Gasteiger partial charge on any atom is -0.496 e. The van der Waals surface area contributed by atoms with E-state index in [4.69, 9.17) is 14.9 Å². The Morgan fingerprint density at radius 2 is 2.33 bits per heavy atom. The molecule has 0 aromatic heterocycles. The third kappa shape index (κ3) is 1.06. The minimum absolute atomic E-state index is 0.491. The summed E-state index contributed by atoms with van der Waals surface area (Å²) in [6.45, 7) is 2.37. The van der Waals surface area contributed by atoms with Crippen LogP contribution in [0.3, 0.4) is 0 Å². The van der Waals surface area contributed by atoms with Crippen molar-refractivity contribution in [3.8, 4) is 0 Å². The van der Waals surface area contributed by atoms with Gasteiger partial charge in [0.25, 0.3) is 0 Å². The summed E-state index contributed by atoms with van der Waals surface area (Å²) in [6.07, 6.45) is -0.00903. The van der Waals surface area contributed by atoms with Gasteiger partial charge in [-0.1, -0.05) is 0 Å². The van der Waals surface area contributed by atoms with Crippen molar-refractivity contribution in [2.24, 2.45) is 0 Å². The van der Waals surface area contributed by atoms with Crippen molar-refractivity contribution < 1.29 is 14.9 Å². The highest BCUT2D eigenvalue weighted by atomic mass is 16.5. The zero-order valence-electron chi connectivity index (χ0n) is 5.24. The predicted molar refractivity (Wildman–Crippen MR) is 31.7 cm³/mol. The molecule has 9 heavy (non-hydrogen) atoms.